The number of nitrogens with zero attached hydrogens (tertiary/aromatic N) is 1. The van der Waals surface area contributed by atoms with Crippen LogP contribution >= 0.6 is 12.4 Å². The zero-order chi connectivity index (χ0) is 17.2. The fourth-order valence-corrected chi connectivity index (χ4v) is 3.33. The number of alkyl halides is 3. The number of hydrogen-bond acceptors (Lipinski definition) is 3. The van der Waals surface area contributed by atoms with Crippen LogP contribution in [0.15, 0.2) is 30.3 Å². The van der Waals surface area contributed by atoms with Crippen molar-refractivity contribution in [2.45, 2.75) is 30.5 Å². The molecule has 2 N–H and O–H groups in total. The highest BCUT2D eigenvalue weighted by molar-refractivity contribution is 5.91. The molecule has 2 fully saturated rings. The molecule has 1 aliphatic heterocycles. The SMILES string of the molecule is Cl.O=C(NCC(N1CCNCC1)C(F)(F)F)C1(c2ccccc2)CC1. The van der Waals surface area contributed by atoms with Crippen LogP contribution in [0.1, 0.15) is 18.4 Å². The molecule has 1 aliphatic carbocycles. The number of rotatable bonds is 5. The van der Waals surface area contributed by atoms with Crippen molar-refractivity contribution in [2.24, 2.45) is 0 Å². The molecular weight excluding hydrogens is 355 g/mol. The highest BCUT2D eigenvalue weighted by atomic mass is 35.5. The van der Waals surface area contributed by atoms with E-state index in [0.717, 1.165) is 5.56 Å². The number of benzene rings is 1. The van der Waals surface area contributed by atoms with Gasteiger partial charge in [0.25, 0.3) is 0 Å². The maximum atomic E-state index is 13.4. The lowest BCUT2D eigenvalue weighted by atomic mass is 9.95. The van der Waals surface area contributed by atoms with E-state index in [0.29, 0.717) is 39.0 Å². The number of piperazine rings is 1. The molecule has 1 aromatic carbocycles. The molecule has 25 heavy (non-hydrogen) atoms. The van der Waals surface area contributed by atoms with Gasteiger partial charge in [-0.15, -0.1) is 12.4 Å². The van der Waals surface area contributed by atoms with Gasteiger partial charge in [-0.3, -0.25) is 9.69 Å². The lowest BCUT2D eigenvalue weighted by Gasteiger charge is -2.36. The van der Waals surface area contributed by atoms with Crippen LogP contribution in [0, 0.1) is 0 Å². The topological polar surface area (TPSA) is 44.4 Å². The van der Waals surface area contributed by atoms with E-state index in [9.17, 15) is 18.0 Å². The second-order valence-corrected chi connectivity index (χ2v) is 6.50. The van der Waals surface area contributed by atoms with Crippen molar-refractivity contribution in [1.29, 1.82) is 0 Å². The average Bonchev–Trinajstić information content (AvgIpc) is 3.37. The maximum absolute atomic E-state index is 13.4. The number of amides is 1. The largest absolute Gasteiger partial charge is 0.405 e. The van der Waals surface area contributed by atoms with Gasteiger partial charge in [-0.25, -0.2) is 0 Å². The van der Waals surface area contributed by atoms with Gasteiger partial charge in [0.15, 0.2) is 0 Å². The quantitative estimate of drug-likeness (QED) is 0.826. The molecular formula is C17H23ClF3N3O. The van der Waals surface area contributed by atoms with E-state index in [4.69, 9.17) is 0 Å². The Morgan fingerprint density at radius 1 is 1.20 bits per heavy atom. The van der Waals surface area contributed by atoms with Crippen LogP contribution in [-0.2, 0) is 10.2 Å². The third kappa shape index (κ3) is 4.46. The first kappa shape index (κ1) is 20.0. The number of halogens is 4. The molecule has 0 bridgehead atoms. The molecule has 3 rings (SSSR count). The predicted molar refractivity (Wildman–Crippen MR) is 91.9 cm³/mol. The molecule has 1 aromatic rings. The van der Waals surface area contributed by atoms with Crippen molar-refractivity contribution >= 4 is 18.3 Å². The first-order chi connectivity index (χ1) is 11.4. The summed E-state index contributed by atoms with van der Waals surface area (Å²) in [4.78, 5) is 13.9. The molecule has 1 heterocycles. The van der Waals surface area contributed by atoms with Gasteiger partial charge in [-0.2, -0.15) is 13.2 Å². The fraction of sp³-hybridized carbons (Fsp3) is 0.588. The van der Waals surface area contributed by atoms with Gasteiger partial charge in [0.2, 0.25) is 5.91 Å². The maximum Gasteiger partial charge on any atom is 0.405 e. The van der Waals surface area contributed by atoms with Crippen LogP contribution in [-0.4, -0.2) is 55.7 Å². The lowest BCUT2D eigenvalue weighted by Crippen LogP contribution is -2.58. The Kier molecular flexibility index (Phi) is 6.35. The van der Waals surface area contributed by atoms with Crippen molar-refractivity contribution in [3.63, 3.8) is 0 Å². The normalized spacial score (nSPS) is 21.1. The predicted octanol–water partition coefficient (Wildman–Crippen LogP) is 2.09. The van der Waals surface area contributed by atoms with Gasteiger partial charge in [-0.05, 0) is 18.4 Å². The first-order valence-electron chi connectivity index (χ1n) is 8.29. The Morgan fingerprint density at radius 3 is 2.32 bits per heavy atom. The van der Waals surface area contributed by atoms with Gasteiger partial charge < -0.3 is 10.6 Å². The Bertz CT molecular complexity index is 572. The minimum atomic E-state index is -4.35. The van der Waals surface area contributed by atoms with Gasteiger partial charge >= 0.3 is 6.18 Å². The molecule has 1 atom stereocenters. The molecule has 1 unspecified atom stereocenters. The molecule has 1 amide bonds. The molecule has 140 valence electrons. The summed E-state index contributed by atoms with van der Waals surface area (Å²) in [5.41, 5.74) is 0.245. The standard InChI is InChI=1S/C17H22F3N3O.ClH/c18-17(19,20)14(23-10-8-21-9-11-23)12-22-15(24)16(6-7-16)13-4-2-1-3-5-13;/h1-5,14,21H,6-12H2,(H,22,24);1H. The van der Waals surface area contributed by atoms with E-state index in [2.05, 4.69) is 10.6 Å². The van der Waals surface area contributed by atoms with Crippen molar-refractivity contribution in [3.05, 3.63) is 35.9 Å². The van der Waals surface area contributed by atoms with E-state index in [-0.39, 0.29) is 18.3 Å². The van der Waals surface area contributed by atoms with Crippen LogP contribution in [0.4, 0.5) is 13.2 Å². The smallest absolute Gasteiger partial charge is 0.353 e. The summed E-state index contributed by atoms with van der Waals surface area (Å²) in [6, 6.07) is 7.66. The van der Waals surface area contributed by atoms with Crippen LogP contribution in [0.2, 0.25) is 0 Å². The number of nitrogens with one attached hydrogen (secondary N) is 2. The summed E-state index contributed by atoms with van der Waals surface area (Å²) in [5.74, 6) is -0.293. The third-order valence-electron chi connectivity index (χ3n) is 4.94. The monoisotopic (exact) mass is 377 g/mol. The molecule has 4 nitrogen and oxygen atoms in total. The molecule has 0 spiro atoms. The summed E-state index contributed by atoms with van der Waals surface area (Å²) >= 11 is 0. The van der Waals surface area contributed by atoms with E-state index < -0.39 is 24.2 Å². The molecule has 1 saturated carbocycles. The van der Waals surface area contributed by atoms with Crippen molar-refractivity contribution in [2.75, 3.05) is 32.7 Å². The molecule has 2 aliphatic rings. The van der Waals surface area contributed by atoms with E-state index in [1.165, 1.54) is 4.90 Å². The summed E-state index contributed by atoms with van der Waals surface area (Å²) in [7, 11) is 0. The second kappa shape index (κ2) is 7.93. The van der Waals surface area contributed by atoms with Gasteiger partial charge in [0.05, 0.1) is 5.41 Å². The minimum Gasteiger partial charge on any atom is -0.353 e. The first-order valence-corrected chi connectivity index (χ1v) is 8.29. The summed E-state index contributed by atoms with van der Waals surface area (Å²) in [6.45, 7) is 1.35. The van der Waals surface area contributed by atoms with Gasteiger partial charge in [0, 0.05) is 32.7 Å². The van der Waals surface area contributed by atoms with Crippen LogP contribution < -0.4 is 10.6 Å². The fourth-order valence-electron chi connectivity index (χ4n) is 3.33. The van der Waals surface area contributed by atoms with Crippen LogP contribution in [0.3, 0.4) is 0 Å². The second-order valence-electron chi connectivity index (χ2n) is 6.50. The zero-order valence-corrected chi connectivity index (χ0v) is 14.6. The molecule has 8 heteroatoms. The molecule has 0 radical (unpaired) electrons. The number of carbonyl (C=O) groups excluding carboxylic acids is 1. The number of hydrogen-bond donors (Lipinski definition) is 2. The van der Waals surface area contributed by atoms with E-state index in [1.807, 2.05) is 30.3 Å². The number of carbonyl (C=O) groups is 1. The van der Waals surface area contributed by atoms with E-state index >= 15 is 0 Å². The summed E-state index contributed by atoms with van der Waals surface area (Å²) in [5, 5.41) is 5.61. The van der Waals surface area contributed by atoms with Crippen LogP contribution in [0.25, 0.3) is 0 Å². The molecule has 1 saturated heterocycles. The highest BCUT2D eigenvalue weighted by Crippen LogP contribution is 2.48. The van der Waals surface area contributed by atoms with Gasteiger partial charge in [-0.1, -0.05) is 30.3 Å². The van der Waals surface area contributed by atoms with Crippen molar-refractivity contribution in [3.8, 4) is 0 Å². The average molecular weight is 378 g/mol. The zero-order valence-electron chi connectivity index (χ0n) is 13.8. The van der Waals surface area contributed by atoms with Crippen LogP contribution in [0.5, 0.6) is 0 Å². The molecule has 0 aromatic heterocycles. The van der Waals surface area contributed by atoms with Gasteiger partial charge in [0.1, 0.15) is 6.04 Å². The van der Waals surface area contributed by atoms with E-state index in [1.54, 1.807) is 0 Å². The minimum absolute atomic E-state index is 0. The summed E-state index contributed by atoms with van der Waals surface area (Å²) in [6.07, 6.45) is -2.98. The van der Waals surface area contributed by atoms with Crippen molar-refractivity contribution in [1.82, 2.24) is 15.5 Å². The summed E-state index contributed by atoms with van der Waals surface area (Å²) < 4.78 is 40.1. The Morgan fingerprint density at radius 2 is 1.80 bits per heavy atom. The third-order valence-corrected chi connectivity index (χ3v) is 4.94. The Balaban J connectivity index is 0.00000225. The lowest BCUT2D eigenvalue weighted by molar-refractivity contribution is -0.184. The Labute approximate surface area is 151 Å². The highest BCUT2D eigenvalue weighted by Gasteiger charge is 2.52. The van der Waals surface area contributed by atoms with Crippen molar-refractivity contribution < 1.29 is 18.0 Å². The Hall–Kier alpha value is -1.31.